The third-order valence-corrected chi connectivity index (χ3v) is 6.10. The molecule has 0 saturated carbocycles. The van der Waals surface area contributed by atoms with Crippen LogP contribution in [0.25, 0.3) is 10.9 Å². The van der Waals surface area contributed by atoms with Crippen LogP contribution < -0.4 is 5.56 Å². The van der Waals surface area contributed by atoms with Crippen molar-refractivity contribution in [3.8, 4) is 0 Å². The molecule has 166 valence electrons. The van der Waals surface area contributed by atoms with Crippen LogP contribution in [0.5, 0.6) is 0 Å². The van der Waals surface area contributed by atoms with Crippen LogP contribution in [0.4, 0.5) is 4.39 Å². The van der Waals surface area contributed by atoms with Gasteiger partial charge in [-0.1, -0.05) is 30.3 Å². The highest BCUT2D eigenvalue weighted by Crippen LogP contribution is 2.22. The summed E-state index contributed by atoms with van der Waals surface area (Å²) in [7, 11) is 0. The van der Waals surface area contributed by atoms with Gasteiger partial charge in [-0.05, 0) is 43.9 Å². The summed E-state index contributed by atoms with van der Waals surface area (Å²) in [5.74, 6) is 0.199. The summed E-state index contributed by atoms with van der Waals surface area (Å²) < 4.78 is 13.6. The van der Waals surface area contributed by atoms with Crippen LogP contribution in [0.3, 0.4) is 0 Å². The second kappa shape index (κ2) is 9.42. The van der Waals surface area contributed by atoms with Gasteiger partial charge in [0.15, 0.2) is 5.78 Å². The Bertz CT molecular complexity index is 1200. The van der Waals surface area contributed by atoms with Gasteiger partial charge in [0, 0.05) is 37.4 Å². The number of nitrogens with zero attached hydrogens (tertiary/aromatic N) is 2. The zero-order valence-corrected chi connectivity index (χ0v) is 18.1. The van der Waals surface area contributed by atoms with E-state index in [4.69, 9.17) is 0 Å². The molecule has 4 rings (SSSR count). The fourth-order valence-corrected chi connectivity index (χ4v) is 4.33. The number of rotatable bonds is 6. The van der Waals surface area contributed by atoms with E-state index in [1.54, 1.807) is 6.92 Å². The molecular formula is C25H26FN3O3. The number of ketones is 1. The zero-order valence-electron chi connectivity index (χ0n) is 18.1. The monoisotopic (exact) mass is 435 g/mol. The van der Waals surface area contributed by atoms with Gasteiger partial charge in [0.05, 0.1) is 10.9 Å². The average molecular weight is 435 g/mol. The number of piperidine rings is 1. The van der Waals surface area contributed by atoms with Crippen LogP contribution in [0, 0.1) is 18.7 Å². The Kier molecular flexibility index (Phi) is 6.44. The fourth-order valence-electron chi connectivity index (χ4n) is 4.33. The second-order valence-corrected chi connectivity index (χ2v) is 8.37. The van der Waals surface area contributed by atoms with Crippen molar-refractivity contribution >= 4 is 22.6 Å². The summed E-state index contributed by atoms with van der Waals surface area (Å²) in [6, 6.07) is 11.8. The number of fused-ring (bicyclic) bond motifs is 1. The van der Waals surface area contributed by atoms with Crippen LogP contribution in [0.1, 0.15) is 47.4 Å². The molecule has 1 aliphatic heterocycles. The Labute approximate surface area is 185 Å². The lowest BCUT2D eigenvalue weighted by Gasteiger charge is -2.31. The number of aryl methyl sites for hydroxylation is 2. The van der Waals surface area contributed by atoms with Gasteiger partial charge in [-0.2, -0.15) is 0 Å². The smallest absolute Gasteiger partial charge is 0.258 e. The summed E-state index contributed by atoms with van der Waals surface area (Å²) in [4.78, 5) is 46.5. The van der Waals surface area contributed by atoms with E-state index in [2.05, 4.69) is 9.97 Å². The maximum atomic E-state index is 13.6. The van der Waals surface area contributed by atoms with E-state index in [0.29, 0.717) is 62.1 Å². The topological polar surface area (TPSA) is 83.1 Å². The summed E-state index contributed by atoms with van der Waals surface area (Å²) in [5.41, 5.74) is 1.45. The average Bonchev–Trinajstić information content (AvgIpc) is 2.80. The molecule has 0 bridgehead atoms. The third kappa shape index (κ3) is 4.77. The van der Waals surface area contributed by atoms with E-state index in [-0.39, 0.29) is 28.6 Å². The molecule has 7 heteroatoms. The van der Waals surface area contributed by atoms with Crippen molar-refractivity contribution in [1.82, 2.24) is 14.9 Å². The van der Waals surface area contributed by atoms with E-state index >= 15 is 0 Å². The molecule has 0 aliphatic carbocycles. The van der Waals surface area contributed by atoms with Gasteiger partial charge >= 0.3 is 0 Å². The number of amides is 1. The van der Waals surface area contributed by atoms with Crippen molar-refractivity contribution in [1.29, 1.82) is 0 Å². The predicted molar refractivity (Wildman–Crippen MR) is 120 cm³/mol. The van der Waals surface area contributed by atoms with Crippen molar-refractivity contribution < 1.29 is 14.0 Å². The van der Waals surface area contributed by atoms with Gasteiger partial charge in [0.1, 0.15) is 11.6 Å². The van der Waals surface area contributed by atoms with E-state index < -0.39 is 5.82 Å². The molecule has 3 aromatic rings. The number of hydrogen-bond donors (Lipinski definition) is 1. The zero-order chi connectivity index (χ0) is 22.7. The van der Waals surface area contributed by atoms with Gasteiger partial charge in [-0.3, -0.25) is 14.4 Å². The van der Waals surface area contributed by atoms with Crippen molar-refractivity contribution in [2.24, 2.45) is 5.92 Å². The first-order valence-electron chi connectivity index (χ1n) is 11.0. The number of Topliss-reactive ketones (excluding diaryl/α,β-unsaturated/α-hetero) is 1. The summed E-state index contributed by atoms with van der Waals surface area (Å²) in [5, 5.41) is 0.232. The molecule has 1 aliphatic rings. The van der Waals surface area contributed by atoms with E-state index in [0.717, 1.165) is 5.56 Å². The molecule has 1 aromatic heterocycles. The third-order valence-electron chi connectivity index (χ3n) is 6.10. The Balaban J connectivity index is 1.30. The summed E-state index contributed by atoms with van der Waals surface area (Å²) >= 11 is 0. The first-order chi connectivity index (χ1) is 15.4. The lowest BCUT2D eigenvalue weighted by atomic mass is 9.89. The SMILES string of the molecule is Cc1cc(F)cc2c(=O)[nH]c(CCCC(=O)N3CCC(C(=O)c4ccccc4)CC3)nc12. The number of nitrogens with one attached hydrogen (secondary N) is 1. The Morgan fingerprint density at radius 3 is 2.59 bits per heavy atom. The van der Waals surface area contributed by atoms with E-state index in [1.165, 1.54) is 12.1 Å². The number of benzene rings is 2. The second-order valence-electron chi connectivity index (χ2n) is 8.37. The largest absolute Gasteiger partial charge is 0.343 e. The number of aromatic nitrogens is 2. The Hall–Kier alpha value is -3.35. The molecule has 32 heavy (non-hydrogen) atoms. The molecule has 1 saturated heterocycles. The maximum Gasteiger partial charge on any atom is 0.258 e. The molecule has 1 fully saturated rings. The van der Waals surface area contributed by atoms with Crippen LogP contribution in [-0.4, -0.2) is 39.6 Å². The van der Waals surface area contributed by atoms with Gasteiger partial charge in [0.2, 0.25) is 5.91 Å². The highest BCUT2D eigenvalue weighted by molar-refractivity contribution is 5.98. The first kappa shape index (κ1) is 21.9. The molecule has 0 atom stereocenters. The van der Waals surface area contributed by atoms with Crippen LogP contribution in [0.2, 0.25) is 0 Å². The lowest BCUT2D eigenvalue weighted by molar-refractivity contribution is -0.132. The van der Waals surface area contributed by atoms with Gasteiger partial charge in [-0.15, -0.1) is 0 Å². The van der Waals surface area contributed by atoms with Crippen molar-refractivity contribution in [2.45, 2.75) is 39.0 Å². The number of carbonyl (C=O) groups excluding carboxylic acids is 2. The van der Waals surface area contributed by atoms with Gasteiger partial charge in [-0.25, -0.2) is 9.37 Å². The molecule has 2 aromatic carbocycles. The van der Waals surface area contributed by atoms with Crippen molar-refractivity contribution in [2.75, 3.05) is 13.1 Å². The van der Waals surface area contributed by atoms with Gasteiger partial charge < -0.3 is 9.88 Å². The fraction of sp³-hybridized carbons (Fsp3) is 0.360. The minimum Gasteiger partial charge on any atom is -0.343 e. The predicted octanol–water partition coefficient (Wildman–Crippen LogP) is 3.81. The maximum absolute atomic E-state index is 13.6. The minimum absolute atomic E-state index is 0.0404. The first-order valence-corrected chi connectivity index (χ1v) is 11.0. The minimum atomic E-state index is -0.463. The standard InChI is InChI=1S/C25H26FN3O3/c1-16-14-19(26)15-20-23(16)27-21(28-25(20)32)8-5-9-22(30)29-12-10-18(11-13-29)24(31)17-6-3-2-4-7-17/h2-4,6-7,14-15,18H,5,8-13H2,1H3,(H,27,28,32). The Morgan fingerprint density at radius 2 is 1.88 bits per heavy atom. The molecule has 0 unspecified atom stereocenters. The molecule has 1 amide bonds. The van der Waals surface area contributed by atoms with Crippen molar-refractivity contribution in [3.63, 3.8) is 0 Å². The van der Waals surface area contributed by atoms with Crippen LogP contribution >= 0.6 is 0 Å². The highest BCUT2D eigenvalue weighted by atomic mass is 19.1. The number of hydrogen-bond acceptors (Lipinski definition) is 4. The van der Waals surface area contributed by atoms with E-state index in [1.807, 2.05) is 35.2 Å². The lowest BCUT2D eigenvalue weighted by Crippen LogP contribution is -2.40. The molecule has 6 nitrogen and oxygen atoms in total. The number of halogens is 1. The Morgan fingerprint density at radius 1 is 1.16 bits per heavy atom. The molecule has 1 N–H and O–H groups in total. The molecule has 0 radical (unpaired) electrons. The number of aromatic amines is 1. The van der Waals surface area contributed by atoms with E-state index in [9.17, 15) is 18.8 Å². The summed E-state index contributed by atoms with van der Waals surface area (Å²) in [6.45, 7) is 2.88. The van der Waals surface area contributed by atoms with Gasteiger partial charge in [0.25, 0.3) is 5.56 Å². The number of H-pyrrole nitrogens is 1. The molecule has 2 heterocycles. The normalized spacial score (nSPS) is 14.6. The highest BCUT2D eigenvalue weighted by Gasteiger charge is 2.27. The quantitative estimate of drug-likeness (QED) is 0.597. The summed E-state index contributed by atoms with van der Waals surface area (Å²) in [6.07, 6.45) is 2.71. The van der Waals surface area contributed by atoms with Crippen molar-refractivity contribution in [3.05, 3.63) is 75.6 Å². The van der Waals surface area contributed by atoms with Crippen LogP contribution in [-0.2, 0) is 11.2 Å². The number of carbonyl (C=O) groups is 2. The van der Waals surface area contributed by atoms with Crippen LogP contribution in [0.15, 0.2) is 47.3 Å². The molecular weight excluding hydrogens is 409 g/mol. The number of likely N-dealkylation sites (tertiary alicyclic amines) is 1. The molecule has 0 spiro atoms.